The first-order valence-electron chi connectivity index (χ1n) is 7.30. The third kappa shape index (κ3) is 3.03. The van der Waals surface area contributed by atoms with Crippen LogP contribution in [0.25, 0.3) is 0 Å². The summed E-state index contributed by atoms with van der Waals surface area (Å²) in [5, 5.41) is 2.91. The van der Waals surface area contributed by atoms with E-state index in [1.807, 2.05) is 37.3 Å². The predicted molar refractivity (Wildman–Crippen MR) is 82.0 cm³/mol. The average molecular weight is 298 g/mol. The summed E-state index contributed by atoms with van der Waals surface area (Å²) in [4.78, 5) is 26.1. The van der Waals surface area contributed by atoms with Crippen LogP contribution in [0.3, 0.4) is 0 Å². The number of hydrogen-bond donors (Lipinski definition) is 1. The molecule has 0 spiro atoms. The van der Waals surface area contributed by atoms with Gasteiger partial charge in [-0.15, -0.1) is 0 Å². The molecule has 5 nitrogen and oxygen atoms in total. The Balaban J connectivity index is 1.62. The fourth-order valence-electron chi connectivity index (χ4n) is 2.64. The Morgan fingerprint density at radius 3 is 2.86 bits per heavy atom. The Bertz CT molecular complexity index is 679. The van der Waals surface area contributed by atoms with Crippen LogP contribution in [0, 0.1) is 12.8 Å². The molecule has 0 aliphatic carbocycles. The highest BCUT2D eigenvalue weighted by Crippen LogP contribution is 2.23. The minimum Gasteiger partial charge on any atom is -0.467 e. The molecule has 0 saturated carbocycles. The number of amides is 2. The lowest BCUT2D eigenvalue weighted by Crippen LogP contribution is -2.28. The largest absolute Gasteiger partial charge is 0.467 e. The number of carbonyl (C=O) groups is 2. The molecule has 0 bridgehead atoms. The molecule has 22 heavy (non-hydrogen) atoms. The van der Waals surface area contributed by atoms with Gasteiger partial charge in [-0.25, -0.2) is 0 Å². The minimum atomic E-state index is -0.318. The molecule has 1 aliphatic heterocycles. The number of rotatable bonds is 4. The maximum absolute atomic E-state index is 12.3. The number of hydrogen-bond acceptors (Lipinski definition) is 3. The van der Waals surface area contributed by atoms with Crippen LogP contribution in [0.4, 0.5) is 5.69 Å². The van der Waals surface area contributed by atoms with Crippen molar-refractivity contribution < 1.29 is 14.0 Å². The lowest BCUT2D eigenvalue weighted by atomic mass is 10.1. The summed E-state index contributed by atoms with van der Waals surface area (Å²) in [6.07, 6.45) is 1.83. The van der Waals surface area contributed by atoms with E-state index < -0.39 is 0 Å². The van der Waals surface area contributed by atoms with Crippen LogP contribution in [0.2, 0.25) is 0 Å². The van der Waals surface area contributed by atoms with Crippen LogP contribution >= 0.6 is 0 Å². The van der Waals surface area contributed by atoms with Gasteiger partial charge in [0.15, 0.2) is 0 Å². The van der Waals surface area contributed by atoms with Crippen molar-refractivity contribution in [3.8, 4) is 0 Å². The second kappa shape index (κ2) is 6.05. The van der Waals surface area contributed by atoms with E-state index in [-0.39, 0.29) is 24.2 Å². The van der Waals surface area contributed by atoms with Gasteiger partial charge in [-0.2, -0.15) is 0 Å². The highest BCUT2D eigenvalue weighted by atomic mass is 16.3. The summed E-state index contributed by atoms with van der Waals surface area (Å²) in [5.74, 6) is 0.293. The van der Waals surface area contributed by atoms with E-state index in [0.29, 0.717) is 13.1 Å². The summed E-state index contributed by atoms with van der Waals surface area (Å²) >= 11 is 0. The SMILES string of the molecule is Cc1ccccc1NC(=O)[C@@H]1CC(=O)N(Cc2ccco2)C1. The third-order valence-electron chi connectivity index (χ3n) is 3.92. The van der Waals surface area contributed by atoms with Crippen molar-refractivity contribution >= 4 is 17.5 Å². The van der Waals surface area contributed by atoms with Crippen molar-refractivity contribution in [2.75, 3.05) is 11.9 Å². The van der Waals surface area contributed by atoms with E-state index in [9.17, 15) is 9.59 Å². The maximum Gasteiger partial charge on any atom is 0.229 e. The number of para-hydroxylation sites is 1. The summed E-state index contributed by atoms with van der Waals surface area (Å²) in [7, 11) is 0. The van der Waals surface area contributed by atoms with Crippen LogP contribution in [-0.4, -0.2) is 23.3 Å². The van der Waals surface area contributed by atoms with Crippen molar-refractivity contribution in [2.45, 2.75) is 19.9 Å². The Morgan fingerprint density at radius 1 is 1.32 bits per heavy atom. The molecular weight excluding hydrogens is 280 g/mol. The topological polar surface area (TPSA) is 62.6 Å². The molecule has 5 heteroatoms. The number of furan rings is 1. The van der Waals surface area contributed by atoms with E-state index in [1.165, 1.54) is 0 Å². The van der Waals surface area contributed by atoms with Crippen LogP contribution in [0.1, 0.15) is 17.7 Å². The number of carbonyl (C=O) groups excluding carboxylic acids is 2. The summed E-state index contributed by atoms with van der Waals surface area (Å²) in [6.45, 7) is 2.79. The van der Waals surface area contributed by atoms with Crippen molar-refractivity contribution in [1.29, 1.82) is 0 Å². The molecule has 1 fully saturated rings. The molecule has 1 aromatic heterocycles. The quantitative estimate of drug-likeness (QED) is 0.943. The predicted octanol–water partition coefficient (Wildman–Crippen LogP) is 2.58. The lowest BCUT2D eigenvalue weighted by Gasteiger charge is -2.15. The number of nitrogens with one attached hydrogen (secondary N) is 1. The highest BCUT2D eigenvalue weighted by molar-refractivity contribution is 5.97. The number of benzene rings is 1. The van der Waals surface area contributed by atoms with Crippen LogP contribution in [0.15, 0.2) is 47.1 Å². The molecule has 1 aromatic carbocycles. The zero-order valence-electron chi connectivity index (χ0n) is 12.4. The second-order valence-electron chi connectivity index (χ2n) is 5.56. The molecule has 3 rings (SSSR count). The smallest absolute Gasteiger partial charge is 0.229 e. The van der Waals surface area contributed by atoms with Crippen LogP contribution in [-0.2, 0) is 16.1 Å². The van der Waals surface area contributed by atoms with Gasteiger partial charge in [0.25, 0.3) is 0 Å². The molecule has 1 aliphatic rings. The molecule has 1 atom stereocenters. The fourth-order valence-corrected chi connectivity index (χ4v) is 2.64. The summed E-state index contributed by atoms with van der Waals surface area (Å²) < 4.78 is 5.26. The van der Waals surface area contributed by atoms with Gasteiger partial charge >= 0.3 is 0 Å². The summed E-state index contributed by atoms with van der Waals surface area (Å²) in [6, 6.07) is 11.2. The minimum absolute atomic E-state index is 0.0127. The zero-order chi connectivity index (χ0) is 15.5. The van der Waals surface area contributed by atoms with E-state index in [1.54, 1.807) is 17.2 Å². The molecule has 1 saturated heterocycles. The Hall–Kier alpha value is -2.56. The molecule has 114 valence electrons. The van der Waals surface area contributed by atoms with E-state index >= 15 is 0 Å². The number of likely N-dealkylation sites (tertiary alicyclic amines) is 1. The fraction of sp³-hybridized carbons (Fsp3) is 0.294. The number of aryl methyl sites for hydroxylation is 1. The van der Waals surface area contributed by atoms with E-state index in [4.69, 9.17) is 4.42 Å². The van der Waals surface area contributed by atoms with Crippen LogP contribution < -0.4 is 5.32 Å². The maximum atomic E-state index is 12.3. The molecule has 0 radical (unpaired) electrons. The van der Waals surface area contributed by atoms with Gasteiger partial charge in [-0.1, -0.05) is 18.2 Å². The van der Waals surface area contributed by atoms with E-state index in [2.05, 4.69) is 5.32 Å². The first kappa shape index (κ1) is 14.4. The van der Waals surface area contributed by atoms with Gasteiger partial charge in [0.05, 0.1) is 18.7 Å². The molecule has 2 heterocycles. The van der Waals surface area contributed by atoms with Crippen LogP contribution in [0.5, 0.6) is 0 Å². The Morgan fingerprint density at radius 2 is 2.14 bits per heavy atom. The normalized spacial score (nSPS) is 17.8. The molecule has 0 unspecified atom stereocenters. The van der Waals surface area contributed by atoms with Gasteiger partial charge in [0.2, 0.25) is 11.8 Å². The van der Waals surface area contributed by atoms with Crippen molar-refractivity contribution in [2.24, 2.45) is 5.92 Å². The molecular formula is C17H18N2O3. The van der Waals surface area contributed by atoms with Gasteiger partial charge in [-0.05, 0) is 30.7 Å². The summed E-state index contributed by atoms with van der Waals surface area (Å²) in [5.41, 5.74) is 1.80. The van der Waals surface area contributed by atoms with Crippen molar-refractivity contribution in [3.63, 3.8) is 0 Å². The zero-order valence-corrected chi connectivity index (χ0v) is 12.4. The Labute approximate surface area is 128 Å². The van der Waals surface area contributed by atoms with Gasteiger partial charge in [0.1, 0.15) is 5.76 Å². The average Bonchev–Trinajstić information content (AvgIpc) is 3.13. The Kier molecular flexibility index (Phi) is 3.96. The van der Waals surface area contributed by atoms with Gasteiger partial charge in [0, 0.05) is 18.7 Å². The number of nitrogens with zero attached hydrogens (tertiary/aromatic N) is 1. The van der Waals surface area contributed by atoms with Crippen molar-refractivity contribution in [3.05, 3.63) is 54.0 Å². The van der Waals surface area contributed by atoms with Gasteiger partial charge in [-0.3, -0.25) is 9.59 Å². The monoisotopic (exact) mass is 298 g/mol. The third-order valence-corrected chi connectivity index (χ3v) is 3.92. The molecule has 2 amide bonds. The standard InChI is InChI=1S/C17H18N2O3/c1-12-5-2-3-7-15(12)18-17(21)13-9-16(20)19(10-13)11-14-6-4-8-22-14/h2-8,13H,9-11H2,1H3,(H,18,21)/t13-/m1/s1. The molecule has 1 N–H and O–H groups in total. The highest BCUT2D eigenvalue weighted by Gasteiger charge is 2.34. The van der Waals surface area contributed by atoms with E-state index in [0.717, 1.165) is 17.0 Å². The second-order valence-corrected chi connectivity index (χ2v) is 5.56. The molecule has 2 aromatic rings. The van der Waals surface area contributed by atoms with Crippen molar-refractivity contribution in [1.82, 2.24) is 4.90 Å². The first-order chi connectivity index (χ1) is 10.6. The lowest BCUT2D eigenvalue weighted by molar-refractivity contribution is -0.128. The first-order valence-corrected chi connectivity index (χ1v) is 7.30. The number of anilines is 1. The van der Waals surface area contributed by atoms with Gasteiger partial charge < -0.3 is 14.6 Å².